The number of likely N-dealkylation sites (N-methyl/N-ethyl adjacent to an activating group) is 1. The topological polar surface area (TPSA) is 90.0 Å². The van der Waals surface area contributed by atoms with E-state index in [1.165, 1.54) is 0 Å². The second-order valence-corrected chi connectivity index (χ2v) is 4.17. The van der Waals surface area contributed by atoms with Crippen molar-refractivity contribution in [2.24, 2.45) is 0 Å². The Kier molecular flexibility index (Phi) is 4.81. The Morgan fingerprint density at radius 2 is 1.53 bits per heavy atom. The molecule has 7 heteroatoms. The highest BCUT2D eigenvalue weighted by atomic mass is 16.6. The molecular formula is C10H15NO6. The number of hydrogen-bond donors (Lipinski definition) is 0. The molecule has 0 heterocycles. The quantitative estimate of drug-likeness (QED) is 0.390. The third-order valence-corrected chi connectivity index (χ3v) is 1.54. The SMILES string of the molecule is COC(=O)C(=O)C(=O)N(C)C(=O)OC(C)(C)C. The number of imide groups is 1. The number of nitrogens with zero attached hydrogens (tertiary/aromatic N) is 1. The summed E-state index contributed by atoms with van der Waals surface area (Å²) in [6.07, 6.45) is -1.01. The maximum Gasteiger partial charge on any atom is 0.417 e. The largest absolute Gasteiger partial charge is 0.463 e. The molecule has 7 nitrogen and oxygen atoms in total. The zero-order valence-corrected chi connectivity index (χ0v) is 10.4. The second-order valence-electron chi connectivity index (χ2n) is 4.17. The van der Waals surface area contributed by atoms with Crippen molar-refractivity contribution < 1.29 is 28.7 Å². The van der Waals surface area contributed by atoms with Crippen LogP contribution in [0.5, 0.6) is 0 Å². The molecule has 0 aliphatic rings. The number of ketones is 1. The van der Waals surface area contributed by atoms with Gasteiger partial charge in [0.05, 0.1) is 7.11 Å². The number of ether oxygens (including phenoxy) is 2. The second kappa shape index (κ2) is 5.42. The molecule has 0 atom stereocenters. The van der Waals surface area contributed by atoms with Gasteiger partial charge >= 0.3 is 23.8 Å². The Morgan fingerprint density at radius 1 is 1.06 bits per heavy atom. The fourth-order valence-electron chi connectivity index (χ4n) is 0.746. The van der Waals surface area contributed by atoms with Crippen LogP contribution in [0.15, 0.2) is 0 Å². The Labute approximate surface area is 98.7 Å². The van der Waals surface area contributed by atoms with Crippen molar-refractivity contribution in [3.05, 3.63) is 0 Å². The molecule has 96 valence electrons. The number of Topliss-reactive ketones (excluding diaryl/α,β-unsaturated/α-hetero) is 1. The predicted octanol–water partition coefficient (Wildman–Crippen LogP) is 0.122. The average Bonchev–Trinajstić information content (AvgIpc) is 2.22. The summed E-state index contributed by atoms with van der Waals surface area (Å²) in [5.41, 5.74) is -0.806. The molecule has 0 aromatic heterocycles. The first-order chi connectivity index (χ1) is 7.60. The zero-order valence-electron chi connectivity index (χ0n) is 10.4. The van der Waals surface area contributed by atoms with Crippen molar-refractivity contribution in [1.82, 2.24) is 4.90 Å². The fraction of sp³-hybridized carbons (Fsp3) is 0.600. The summed E-state index contributed by atoms with van der Waals surface area (Å²) < 4.78 is 8.92. The molecule has 0 saturated heterocycles. The van der Waals surface area contributed by atoms with Gasteiger partial charge in [-0.05, 0) is 20.8 Å². The van der Waals surface area contributed by atoms with Crippen LogP contribution >= 0.6 is 0 Å². The lowest BCUT2D eigenvalue weighted by molar-refractivity contribution is -0.157. The van der Waals surface area contributed by atoms with Crippen LogP contribution in [0.2, 0.25) is 0 Å². The molecule has 0 bridgehead atoms. The minimum Gasteiger partial charge on any atom is -0.463 e. The number of rotatable bonds is 2. The van der Waals surface area contributed by atoms with E-state index in [9.17, 15) is 19.2 Å². The molecule has 0 radical (unpaired) electrons. The van der Waals surface area contributed by atoms with Crippen molar-refractivity contribution >= 4 is 23.8 Å². The number of carbonyl (C=O) groups excluding carboxylic acids is 4. The van der Waals surface area contributed by atoms with E-state index in [1.807, 2.05) is 0 Å². The monoisotopic (exact) mass is 245 g/mol. The van der Waals surface area contributed by atoms with Gasteiger partial charge in [-0.25, -0.2) is 14.5 Å². The zero-order chi connectivity index (χ0) is 13.8. The first-order valence-corrected chi connectivity index (χ1v) is 4.73. The molecule has 0 saturated carbocycles. The van der Waals surface area contributed by atoms with Gasteiger partial charge in [0.25, 0.3) is 0 Å². The Bertz CT molecular complexity index is 354. The number of esters is 1. The average molecular weight is 245 g/mol. The van der Waals surface area contributed by atoms with Gasteiger partial charge in [0.1, 0.15) is 5.60 Å². The summed E-state index contributed by atoms with van der Waals surface area (Å²) in [6.45, 7) is 4.81. The maximum absolute atomic E-state index is 11.4. The molecule has 0 aliphatic heterocycles. The molecule has 0 aromatic rings. The molecule has 2 amide bonds. The minimum absolute atomic E-state index is 0.421. The highest BCUT2D eigenvalue weighted by Crippen LogP contribution is 2.09. The maximum atomic E-state index is 11.4. The first kappa shape index (κ1) is 15.1. The van der Waals surface area contributed by atoms with Gasteiger partial charge in [-0.3, -0.25) is 9.59 Å². The lowest BCUT2D eigenvalue weighted by Gasteiger charge is -2.22. The third-order valence-electron chi connectivity index (χ3n) is 1.54. The summed E-state index contributed by atoms with van der Waals surface area (Å²) in [7, 11) is 2.00. The highest BCUT2D eigenvalue weighted by Gasteiger charge is 2.32. The summed E-state index contributed by atoms with van der Waals surface area (Å²) in [6, 6.07) is 0. The Morgan fingerprint density at radius 3 is 1.88 bits per heavy atom. The number of methoxy groups -OCH3 is 1. The normalized spacial score (nSPS) is 10.4. The molecule has 0 rings (SSSR count). The number of amides is 2. The predicted molar refractivity (Wildman–Crippen MR) is 56.0 cm³/mol. The van der Waals surface area contributed by atoms with E-state index in [0.717, 1.165) is 14.2 Å². The van der Waals surface area contributed by atoms with E-state index in [4.69, 9.17) is 4.74 Å². The first-order valence-electron chi connectivity index (χ1n) is 4.73. The Hall–Kier alpha value is -1.92. The van der Waals surface area contributed by atoms with Crippen molar-refractivity contribution in [3.8, 4) is 0 Å². The smallest absolute Gasteiger partial charge is 0.417 e. The van der Waals surface area contributed by atoms with Gasteiger partial charge < -0.3 is 9.47 Å². The summed E-state index contributed by atoms with van der Waals surface area (Å²) in [5, 5.41) is 0. The van der Waals surface area contributed by atoms with Crippen LogP contribution in [-0.4, -0.2) is 48.4 Å². The van der Waals surface area contributed by atoms with Gasteiger partial charge in [-0.1, -0.05) is 0 Å². The molecule has 0 N–H and O–H groups in total. The number of hydrogen-bond acceptors (Lipinski definition) is 6. The van der Waals surface area contributed by atoms with Gasteiger partial charge in [-0.2, -0.15) is 0 Å². The lowest BCUT2D eigenvalue weighted by atomic mass is 10.2. The molecule has 0 spiro atoms. The highest BCUT2D eigenvalue weighted by molar-refractivity contribution is 6.62. The fourth-order valence-corrected chi connectivity index (χ4v) is 0.746. The third kappa shape index (κ3) is 4.62. The van der Waals surface area contributed by atoms with Crippen LogP contribution in [0.1, 0.15) is 20.8 Å². The molecule has 17 heavy (non-hydrogen) atoms. The van der Waals surface area contributed by atoms with Crippen LogP contribution in [0, 0.1) is 0 Å². The molecule has 0 unspecified atom stereocenters. The van der Waals surface area contributed by atoms with Crippen LogP contribution < -0.4 is 0 Å². The summed E-state index contributed by atoms with van der Waals surface area (Å²) in [4.78, 5) is 45.1. The summed E-state index contributed by atoms with van der Waals surface area (Å²) in [5.74, 6) is -4.06. The van der Waals surface area contributed by atoms with Crippen molar-refractivity contribution in [2.45, 2.75) is 26.4 Å². The van der Waals surface area contributed by atoms with E-state index in [2.05, 4.69) is 4.74 Å². The molecule has 0 aliphatic carbocycles. The van der Waals surface area contributed by atoms with Gasteiger partial charge in [0, 0.05) is 7.05 Å². The standard InChI is InChI=1S/C10H15NO6/c1-10(2,3)17-9(15)11(4)7(13)6(12)8(14)16-5/h1-5H3. The van der Waals surface area contributed by atoms with E-state index in [-0.39, 0.29) is 0 Å². The van der Waals surface area contributed by atoms with Gasteiger partial charge in [0.2, 0.25) is 0 Å². The van der Waals surface area contributed by atoms with E-state index < -0.39 is 29.4 Å². The van der Waals surface area contributed by atoms with E-state index in [0.29, 0.717) is 4.90 Å². The minimum atomic E-state index is -1.43. The number of carbonyl (C=O) groups is 4. The van der Waals surface area contributed by atoms with Gasteiger partial charge in [0.15, 0.2) is 0 Å². The van der Waals surface area contributed by atoms with Crippen LogP contribution in [0.4, 0.5) is 4.79 Å². The van der Waals surface area contributed by atoms with Crippen molar-refractivity contribution in [1.29, 1.82) is 0 Å². The van der Waals surface area contributed by atoms with E-state index in [1.54, 1.807) is 20.8 Å². The summed E-state index contributed by atoms with van der Waals surface area (Å²) >= 11 is 0. The van der Waals surface area contributed by atoms with E-state index >= 15 is 0 Å². The van der Waals surface area contributed by atoms with Gasteiger partial charge in [-0.15, -0.1) is 0 Å². The van der Waals surface area contributed by atoms with Crippen molar-refractivity contribution in [3.63, 3.8) is 0 Å². The molecular weight excluding hydrogens is 230 g/mol. The van der Waals surface area contributed by atoms with Crippen molar-refractivity contribution in [2.75, 3.05) is 14.2 Å². The molecule has 0 aromatic carbocycles. The van der Waals surface area contributed by atoms with Crippen LogP contribution in [-0.2, 0) is 23.9 Å². The lowest BCUT2D eigenvalue weighted by Crippen LogP contribution is -2.43. The molecule has 0 fully saturated rings. The Balaban J connectivity index is 4.67. The van der Waals surface area contributed by atoms with Crippen LogP contribution in [0.3, 0.4) is 0 Å². The van der Waals surface area contributed by atoms with Crippen LogP contribution in [0.25, 0.3) is 0 Å².